The first-order chi connectivity index (χ1) is 19.6. The number of carboxylic acid groups (broad SMARTS) is 1. The maximum atomic E-state index is 14.2. The van der Waals surface area contributed by atoms with E-state index in [0.29, 0.717) is 41.0 Å². The fraction of sp³-hybridized carbons (Fsp3) is 0.250. The molecule has 0 aliphatic heterocycles. The molecule has 0 aliphatic carbocycles. The summed E-state index contributed by atoms with van der Waals surface area (Å²) in [5.41, 5.74) is 4.22. The van der Waals surface area contributed by atoms with Crippen molar-refractivity contribution in [2.24, 2.45) is 7.05 Å². The average Bonchev–Trinajstić information content (AvgIpc) is 3.50. The number of pyridine rings is 2. The first-order valence-electron chi connectivity index (χ1n) is 12.7. The van der Waals surface area contributed by atoms with Crippen LogP contribution in [0.15, 0.2) is 59.8 Å². The molecule has 1 amide bonds. The van der Waals surface area contributed by atoms with Gasteiger partial charge in [0.2, 0.25) is 0 Å². The number of ether oxygens (including phenoxy) is 2. The largest absolute Gasteiger partial charge is 0.491 e. The number of benzene rings is 1. The van der Waals surface area contributed by atoms with Crippen LogP contribution in [0.3, 0.4) is 0 Å². The highest BCUT2D eigenvalue weighted by atomic mass is 32.2. The number of carbonyl (C=O) groups is 1. The molecule has 0 spiro atoms. The third-order valence-corrected chi connectivity index (χ3v) is 8.50. The lowest BCUT2D eigenvalue weighted by Gasteiger charge is -2.12. The van der Waals surface area contributed by atoms with E-state index in [9.17, 15) is 13.2 Å². The van der Waals surface area contributed by atoms with Gasteiger partial charge in [-0.2, -0.15) is 0 Å². The summed E-state index contributed by atoms with van der Waals surface area (Å²) in [5, 5.41) is 15.0. The van der Waals surface area contributed by atoms with Crippen LogP contribution in [-0.4, -0.2) is 65.4 Å². The smallest absolute Gasteiger partial charge is 0.404 e. The van der Waals surface area contributed by atoms with E-state index < -0.39 is 16.1 Å². The SMILES string of the molecule is COc1cc2c(nc1OC)c(-c1cc3c(CNCCNC(=O)O)ccnc3n1S(=O)(=O)c1ccc(C)cc1)cn2C. The molecule has 0 saturated heterocycles. The molecule has 5 rings (SSSR count). The van der Waals surface area contributed by atoms with Gasteiger partial charge in [0.1, 0.15) is 5.52 Å². The second-order valence-corrected chi connectivity index (χ2v) is 11.2. The summed E-state index contributed by atoms with van der Waals surface area (Å²) in [6.45, 7) is 2.88. The molecule has 0 bridgehead atoms. The van der Waals surface area contributed by atoms with Gasteiger partial charge in [0.05, 0.1) is 30.3 Å². The molecule has 1 aromatic carbocycles. The van der Waals surface area contributed by atoms with Crippen LogP contribution in [0.1, 0.15) is 11.1 Å². The number of rotatable bonds is 10. The minimum absolute atomic E-state index is 0.124. The Hall–Kier alpha value is -4.62. The number of hydrogen-bond donors (Lipinski definition) is 3. The van der Waals surface area contributed by atoms with Crippen LogP contribution in [-0.2, 0) is 23.6 Å². The second-order valence-electron chi connectivity index (χ2n) is 9.45. The van der Waals surface area contributed by atoms with Gasteiger partial charge in [-0.25, -0.2) is 27.2 Å². The lowest BCUT2D eigenvalue weighted by molar-refractivity contribution is 0.194. The van der Waals surface area contributed by atoms with Crippen molar-refractivity contribution in [3.05, 3.63) is 66.0 Å². The summed E-state index contributed by atoms with van der Waals surface area (Å²) in [6, 6.07) is 12.1. The standard InChI is InChI=1S/C28H30N6O6S/c1-17-5-7-19(8-6-17)41(37,38)34-22(21-16-33(2)23-14-24(39-3)27(40-4)32-25(21)23)13-20-18(9-10-30-26(20)34)15-29-11-12-31-28(35)36/h5-10,13-14,16,29,31H,11-12,15H2,1-4H3,(H,35,36). The molecule has 0 atom stereocenters. The zero-order valence-electron chi connectivity index (χ0n) is 23.0. The minimum Gasteiger partial charge on any atom is -0.491 e. The summed E-state index contributed by atoms with van der Waals surface area (Å²) in [7, 11) is 0.773. The number of aryl methyl sites for hydroxylation is 2. The van der Waals surface area contributed by atoms with E-state index >= 15 is 0 Å². The first-order valence-corrected chi connectivity index (χ1v) is 14.2. The van der Waals surface area contributed by atoms with E-state index in [1.807, 2.05) is 30.8 Å². The van der Waals surface area contributed by atoms with Crippen LogP contribution in [0.4, 0.5) is 4.79 Å². The number of amides is 1. The van der Waals surface area contributed by atoms with Crippen molar-refractivity contribution >= 4 is 38.2 Å². The van der Waals surface area contributed by atoms with Gasteiger partial charge >= 0.3 is 6.09 Å². The van der Waals surface area contributed by atoms with Gasteiger partial charge in [-0.05, 0) is 36.8 Å². The molecule has 5 aromatic rings. The van der Waals surface area contributed by atoms with Crippen molar-refractivity contribution in [1.29, 1.82) is 0 Å². The molecule has 0 fully saturated rings. The Balaban J connectivity index is 1.73. The molecule has 0 saturated carbocycles. The Morgan fingerprint density at radius 2 is 1.83 bits per heavy atom. The lowest BCUT2D eigenvalue weighted by Crippen LogP contribution is -2.30. The Bertz CT molecular complexity index is 1860. The molecular formula is C28H30N6O6S. The van der Waals surface area contributed by atoms with E-state index in [4.69, 9.17) is 14.6 Å². The van der Waals surface area contributed by atoms with Crippen molar-refractivity contribution in [2.75, 3.05) is 27.3 Å². The van der Waals surface area contributed by atoms with Crippen molar-refractivity contribution in [3.63, 3.8) is 0 Å². The highest BCUT2D eigenvalue weighted by molar-refractivity contribution is 7.90. The van der Waals surface area contributed by atoms with E-state index in [0.717, 1.165) is 16.6 Å². The number of aromatic nitrogens is 4. The molecule has 0 radical (unpaired) electrons. The molecule has 0 unspecified atom stereocenters. The summed E-state index contributed by atoms with van der Waals surface area (Å²) < 4.78 is 42.4. The average molecular weight is 579 g/mol. The van der Waals surface area contributed by atoms with Crippen molar-refractivity contribution in [2.45, 2.75) is 18.4 Å². The normalized spacial score (nSPS) is 11.7. The molecule has 0 aliphatic rings. The van der Waals surface area contributed by atoms with E-state index in [-0.39, 0.29) is 23.0 Å². The minimum atomic E-state index is -4.10. The molecule has 4 heterocycles. The second kappa shape index (κ2) is 11.1. The quantitative estimate of drug-likeness (QED) is 0.212. The molecule has 214 valence electrons. The Morgan fingerprint density at radius 1 is 1.07 bits per heavy atom. The van der Waals surface area contributed by atoms with E-state index in [1.54, 1.807) is 42.6 Å². The van der Waals surface area contributed by atoms with Crippen LogP contribution in [0.2, 0.25) is 0 Å². The zero-order chi connectivity index (χ0) is 29.3. The van der Waals surface area contributed by atoms with Crippen LogP contribution < -0.4 is 20.1 Å². The van der Waals surface area contributed by atoms with Gasteiger partial charge in [0, 0.05) is 56.1 Å². The number of hydrogen-bond acceptors (Lipinski definition) is 8. The predicted octanol–water partition coefficient (Wildman–Crippen LogP) is 3.51. The summed E-state index contributed by atoms with van der Waals surface area (Å²) >= 11 is 0. The van der Waals surface area contributed by atoms with Gasteiger partial charge in [-0.15, -0.1) is 0 Å². The van der Waals surface area contributed by atoms with Crippen molar-refractivity contribution in [3.8, 4) is 22.9 Å². The number of fused-ring (bicyclic) bond motifs is 2. The molecule has 3 N–H and O–H groups in total. The fourth-order valence-electron chi connectivity index (χ4n) is 4.75. The molecule has 4 aromatic heterocycles. The Labute approximate surface area is 236 Å². The number of methoxy groups -OCH3 is 2. The predicted molar refractivity (Wildman–Crippen MR) is 154 cm³/mol. The van der Waals surface area contributed by atoms with E-state index in [2.05, 4.69) is 20.6 Å². The Morgan fingerprint density at radius 3 is 2.51 bits per heavy atom. The highest BCUT2D eigenvalue weighted by Gasteiger charge is 2.28. The lowest BCUT2D eigenvalue weighted by atomic mass is 10.1. The maximum Gasteiger partial charge on any atom is 0.404 e. The summed E-state index contributed by atoms with van der Waals surface area (Å²) in [6.07, 6.45) is 2.29. The summed E-state index contributed by atoms with van der Waals surface area (Å²) in [4.78, 5) is 20.1. The monoisotopic (exact) mass is 578 g/mol. The first kappa shape index (κ1) is 27.9. The number of nitrogens with zero attached hydrogens (tertiary/aromatic N) is 4. The van der Waals surface area contributed by atoms with Gasteiger partial charge in [-0.1, -0.05) is 17.7 Å². The topological polar surface area (TPSA) is 150 Å². The molecular weight excluding hydrogens is 548 g/mol. The van der Waals surface area contributed by atoms with Crippen LogP contribution >= 0.6 is 0 Å². The maximum absolute atomic E-state index is 14.2. The van der Waals surface area contributed by atoms with Crippen LogP contribution in [0, 0.1) is 6.92 Å². The highest BCUT2D eigenvalue weighted by Crippen LogP contribution is 2.39. The third-order valence-electron chi connectivity index (χ3n) is 6.79. The Kier molecular flexibility index (Phi) is 7.56. The molecule has 12 nitrogen and oxygen atoms in total. The number of nitrogens with one attached hydrogen (secondary N) is 2. The van der Waals surface area contributed by atoms with Crippen LogP contribution in [0.25, 0.3) is 33.3 Å². The van der Waals surface area contributed by atoms with Crippen molar-refractivity contribution < 1.29 is 27.8 Å². The van der Waals surface area contributed by atoms with E-state index in [1.165, 1.54) is 18.2 Å². The molecule has 13 heteroatoms. The zero-order valence-corrected chi connectivity index (χ0v) is 23.8. The van der Waals surface area contributed by atoms with Crippen molar-refractivity contribution in [1.82, 2.24) is 29.1 Å². The van der Waals surface area contributed by atoms with Gasteiger partial charge < -0.3 is 29.8 Å². The fourth-order valence-corrected chi connectivity index (χ4v) is 6.22. The van der Waals surface area contributed by atoms with Crippen LogP contribution in [0.5, 0.6) is 11.6 Å². The van der Waals surface area contributed by atoms with Gasteiger partial charge in [0.25, 0.3) is 15.9 Å². The molecule has 41 heavy (non-hydrogen) atoms. The third kappa shape index (κ3) is 5.16. The van der Waals surface area contributed by atoms with Gasteiger partial charge in [0.15, 0.2) is 11.4 Å². The summed E-state index contributed by atoms with van der Waals surface area (Å²) in [5.74, 6) is 0.725. The van der Waals surface area contributed by atoms with Gasteiger partial charge in [-0.3, -0.25) is 0 Å².